The molecule has 0 spiro atoms. The smallest absolute Gasteiger partial charge is 0.116 e. The predicted octanol–water partition coefficient (Wildman–Crippen LogP) is 3.71. The van der Waals surface area contributed by atoms with Crippen LogP contribution in [0.2, 0.25) is 0 Å². The van der Waals surface area contributed by atoms with Crippen LogP contribution in [0, 0.1) is 0 Å². The van der Waals surface area contributed by atoms with Crippen molar-refractivity contribution in [2.24, 2.45) is 0 Å². The molecule has 1 nitrogen and oxygen atoms in total. The quantitative estimate of drug-likeness (QED) is 0.586. The summed E-state index contributed by atoms with van der Waals surface area (Å²) in [6.45, 7) is 0. The first-order valence-corrected chi connectivity index (χ1v) is 5.31. The van der Waals surface area contributed by atoms with E-state index >= 15 is 0 Å². The van der Waals surface area contributed by atoms with Crippen molar-refractivity contribution in [3.8, 4) is 16.2 Å². The lowest BCUT2D eigenvalue weighted by Crippen LogP contribution is -1.75. The Balaban J connectivity index is 2.53. The lowest BCUT2D eigenvalue weighted by atomic mass is 10.1. The topological polar surface area (TPSA) is 20.2 Å². The van der Waals surface area contributed by atoms with Gasteiger partial charge in [0.05, 0.1) is 0 Å². The summed E-state index contributed by atoms with van der Waals surface area (Å²) in [6.07, 6.45) is 0. The third-order valence-corrected chi connectivity index (χ3v) is 3.40. The van der Waals surface area contributed by atoms with Crippen LogP contribution >= 0.6 is 11.3 Å². The molecule has 14 heavy (non-hydrogen) atoms. The third kappa shape index (κ3) is 1.01. The number of rotatable bonds is 0. The molecule has 0 bridgehead atoms. The van der Waals surface area contributed by atoms with Gasteiger partial charge in [-0.25, -0.2) is 0 Å². The van der Waals surface area contributed by atoms with Crippen LogP contribution in [0.25, 0.3) is 21.2 Å². The normalized spacial score (nSPS) is 11.1. The zero-order valence-electron chi connectivity index (χ0n) is 7.40. The summed E-state index contributed by atoms with van der Waals surface area (Å²) < 4.78 is 0. The summed E-state index contributed by atoms with van der Waals surface area (Å²) >= 11 is 1.74. The van der Waals surface area contributed by atoms with Crippen LogP contribution in [0.3, 0.4) is 0 Å². The summed E-state index contributed by atoms with van der Waals surface area (Å²) in [5.74, 6) is 0.330. The maximum atomic E-state index is 9.43. The molecule has 0 amide bonds. The number of aromatic hydroxyl groups is 1. The highest BCUT2D eigenvalue weighted by Crippen LogP contribution is 2.36. The first-order chi connectivity index (χ1) is 6.84. The van der Waals surface area contributed by atoms with Gasteiger partial charge in [0.25, 0.3) is 0 Å². The van der Waals surface area contributed by atoms with Gasteiger partial charge in [0, 0.05) is 4.88 Å². The van der Waals surface area contributed by atoms with E-state index in [1.807, 2.05) is 18.2 Å². The van der Waals surface area contributed by atoms with E-state index in [-0.39, 0.29) is 0 Å². The van der Waals surface area contributed by atoms with E-state index in [9.17, 15) is 5.11 Å². The van der Waals surface area contributed by atoms with E-state index in [0.717, 1.165) is 5.39 Å². The molecule has 3 rings (SSSR count). The first-order valence-electron chi connectivity index (χ1n) is 4.43. The maximum absolute atomic E-state index is 9.43. The van der Waals surface area contributed by atoms with Crippen molar-refractivity contribution in [3.05, 3.63) is 41.8 Å². The fourth-order valence-corrected chi connectivity index (χ4v) is 2.66. The molecule has 2 heteroatoms. The SMILES string of the molecule is Oc1ccc2csc3cccc-3c2c1. The number of benzene rings is 1. The largest absolute Gasteiger partial charge is 0.508 e. The minimum atomic E-state index is 0.330. The highest BCUT2D eigenvalue weighted by Gasteiger charge is 2.07. The van der Waals surface area contributed by atoms with Crippen LogP contribution in [-0.2, 0) is 0 Å². The Bertz CT molecular complexity index is 568. The molecule has 1 aliphatic carbocycles. The second-order valence-corrected chi connectivity index (χ2v) is 4.22. The summed E-state index contributed by atoms with van der Waals surface area (Å²) in [5.41, 5.74) is 1.23. The van der Waals surface area contributed by atoms with Gasteiger partial charge in [-0.2, -0.15) is 0 Å². The lowest BCUT2D eigenvalue weighted by molar-refractivity contribution is 0.476. The molecule has 1 aromatic carbocycles. The molecule has 68 valence electrons. The van der Waals surface area contributed by atoms with Crippen LogP contribution < -0.4 is 0 Å². The lowest BCUT2D eigenvalue weighted by Gasteiger charge is -2.04. The Labute approximate surface area is 85.6 Å². The molecule has 1 heterocycles. The summed E-state index contributed by atoms with van der Waals surface area (Å²) in [6, 6.07) is 11.7. The molecular weight excluding hydrogens is 192 g/mol. The highest BCUT2D eigenvalue weighted by molar-refractivity contribution is 7.14. The zero-order chi connectivity index (χ0) is 9.54. The molecule has 0 saturated heterocycles. The van der Waals surface area contributed by atoms with Gasteiger partial charge in [-0.15, -0.1) is 11.3 Å². The van der Waals surface area contributed by atoms with Crippen LogP contribution in [0.15, 0.2) is 41.8 Å². The Morgan fingerprint density at radius 2 is 2.00 bits per heavy atom. The Morgan fingerprint density at radius 1 is 1.07 bits per heavy atom. The van der Waals surface area contributed by atoms with E-state index in [1.54, 1.807) is 17.4 Å². The molecule has 0 fully saturated rings. The molecule has 0 saturated carbocycles. The van der Waals surface area contributed by atoms with Crippen LogP contribution in [-0.4, -0.2) is 5.11 Å². The van der Waals surface area contributed by atoms with E-state index in [2.05, 4.69) is 17.5 Å². The van der Waals surface area contributed by atoms with Crippen molar-refractivity contribution in [3.63, 3.8) is 0 Å². The second kappa shape index (κ2) is 2.72. The van der Waals surface area contributed by atoms with Gasteiger partial charge < -0.3 is 5.11 Å². The number of hydrogen-bond acceptors (Lipinski definition) is 2. The maximum Gasteiger partial charge on any atom is 0.116 e. The van der Waals surface area contributed by atoms with Crippen molar-refractivity contribution >= 4 is 22.1 Å². The van der Waals surface area contributed by atoms with Crippen molar-refractivity contribution in [1.82, 2.24) is 0 Å². The Hall–Kier alpha value is -1.54. The first kappa shape index (κ1) is 7.83. The number of phenols is 1. The average Bonchev–Trinajstić information content (AvgIpc) is 2.65. The molecule has 0 aromatic heterocycles. The van der Waals surface area contributed by atoms with Gasteiger partial charge in [-0.05, 0) is 46.0 Å². The molecule has 0 atom stereocenters. The monoisotopic (exact) mass is 200 g/mol. The van der Waals surface area contributed by atoms with Crippen LogP contribution in [0.1, 0.15) is 0 Å². The van der Waals surface area contributed by atoms with Crippen molar-refractivity contribution < 1.29 is 5.11 Å². The number of phenolic OH excluding ortho intramolecular Hbond substituents is 1. The molecule has 1 aromatic rings. The minimum absolute atomic E-state index is 0.330. The van der Waals surface area contributed by atoms with E-state index in [0.29, 0.717) is 5.75 Å². The van der Waals surface area contributed by atoms with E-state index in [4.69, 9.17) is 0 Å². The third-order valence-electron chi connectivity index (χ3n) is 2.42. The zero-order valence-corrected chi connectivity index (χ0v) is 8.21. The summed E-state index contributed by atoms with van der Waals surface area (Å²) in [7, 11) is 0. The van der Waals surface area contributed by atoms with Gasteiger partial charge in [-0.3, -0.25) is 0 Å². The summed E-state index contributed by atoms with van der Waals surface area (Å²) in [4.78, 5) is 1.27. The average molecular weight is 200 g/mol. The van der Waals surface area contributed by atoms with E-state index < -0.39 is 0 Å². The fraction of sp³-hybridized carbons (Fsp3) is 0. The molecular formula is C12H8OS. The fourth-order valence-electron chi connectivity index (χ4n) is 1.74. The Kier molecular flexibility index (Phi) is 1.52. The molecule has 0 radical (unpaired) electrons. The molecule has 1 N–H and O–H groups in total. The van der Waals surface area contributed by atoms with E-state index in [1.165, 1.54) is 15.8 Å². The molecule has 1 aliphatic heterocycles. The Morgan fingerprint density at radius 3 is 2.93 bits per heavy atom. The van der Waals surface area contributed by atoms with Gasteiger partial charge in [0.1, 0.15) is 5.75 Å². The standard InChI is InChI=1S/C12H8OS/c13-9-5-4-8-7-14-12-3-1-2-10(12)11(8)6-9/h1-7,13H. The highest BCUT2D eigenvalue weighted by atomic mass is 32.1. The van der Waals surface area contributed by atoms with Gasteiger partial charge in [0.15, 0.2) is 0 Å². The molecule has 0 unspecified atom stereocenters. The number of hydrogen-bond donors (Lipinski definition) is 1. The van der Waals surface area contributed by atoms with Gasteiger partial charge >= 0.3 is 0 Å². The van der Waals surface area contributed by atoms with Gasteiger partial charge in [-0.1, -0.05) is 12.1 Å². The van der Waals surface area contributed by atoms with Crippen LogP contribution in [0.4, 0.5) is 0 Å². The minimum Gasteiger partial charge on any atom is -0.508 e. The van der Waals surface area contributed by atoms with Crippen molar-refractivity contribution in [2.75, 3.05) is 0 Å². The van der Waals surface area contributed by atoms with Crippen LogP contribution in [0.5, 0.6) is 5.75 Å². The van der Waals surface area contributed by atoms with Crippen molar-refractivity contribution in [2.45, 2.75) is 0 Å². The van der Waals surface area contributed by atoms with Gasteiger partial charge in [0.2, 0.25) is 0 Å². The van der Waals surface area contributed by atoms with Crippen molar-refractivity contribution in [1.29, 1.82) is 0 Å². The summed E-state index contributed by atoms with van der Waals surface area (Å²) in [5, 5.41) is 13.9. The predicted molar refractivity (Wildman–Crippen MR) is 60.1 cm³/mol. The molecule has 2 aliphatic rings. The number of fused-ring (bicyclic) bond motifs is 3. The second-order valence-electron chi connectivity index (χ2n) is 3.31.